The molecule has 1 N–H and O–H groups in total. The Labute approximate surface area is 176 Å². The standard InChI is InChI=1S/C22H30FN3O4/c1-25-18(20(28)24-9-4-12-30-2)15-22(21(25)29)7-10-26(11-8-22)19(27)14-16-5-3-6-17(23)13-16/h3,5-6,13,18H,4,7-12,14-15H2,1-2H3,(H,24,28). The van der Waals surface area contributed by atoms with Crippen molar-refractivity contribution in [1.82, 2.24) is 15.1 Å². The van der Waals surface area contributed by atoms with Gasteiger partial charge in [-0.1, -0.05) is 12.1 Å². The number of halogens is 1. The van der Waals surface area contributed by atoms with Crippen molar-refractivity contribution >= 4 is 17.7 Å². The minimum absolute atomic E-state index is 0.0169. The van der Waals surface area contributed by atoms with Gasteiger partial charge in [-0.15, -0.1) is 0 Å². The second kappa shape index (κ2) is 9.55. The lowest BCUT2D eigenvalue weighted by Gasteiger charge is -2.37. The van der Waals surface area contributed by atoms with E-state index in [0.29, 0.717) is 51.1 Å². The monoisotopic (exact) mass is 419 g/mol. The molecule has 7 nitrogen and oxygen atoms in total. The molecule has 2 saturated heterocycles. The first-order valence-corrected chi connectivity index (χ1v) is 10.4. The predicted molar refractivity (Wildman–Crippen MR) is 109 cm³/mol. The summed E-state index contributed by atoms with van der Waals surface area (Å²) in [6.45, 7) is 2.02. The van der Waals surface area contributed by atoms with Gasteiger partial charge in [0.1, 0.15) is 11.9 Å². The molecule has 3 rings (SSSR count). The van der Waals surface area contributed by atoms with Crippen LogP contribution in [0.4, 0.5) is 4.39 Å². The number of carbonyl (C=O) groups is 3. The molecule has 0 radical (unpaired) electrons. The Kier molecular flexibility index (Phi) is 7.07. The molecule has 1 aromatic rings. The molecule has 2 aliphatic rings. The zero-order chi connectivity index (χ0) is 21.7. The van der Waals surface area contributed by atoms with Crippen LogP contribution in [0.25, 0.3) is 0 Å². The van der Waals surface area contributed by atoms with Gasteiger partial charge in [0.05, 0.1) is 11.8 Å². The van der Waals surface area contributed by atoms with E-state index in [1.807, 2.05) is 0 Å². The van der Waals surface area contributed by atoms with Gasteiger partial charge in [-0.2, -0.15) is 0 Å². The van der Waals surface area contributed by atoms with Crippen molar-refractivity contribution in [3.63, 3.8) is 0 Å². The molecule has 8 heteroatoms. The summed E-state index contributed by atoms with van der Waals surface area (Å²) in [6, 6.07) is 5.57. The van der Waals surface area contributed by atoms with Gasteiger partial charge >= 0.3 is 0 Å². The number of hydrogen-bond donors (Lipinski definition) is 1. The normalized spacial score (nSPS) is 20.6. The summed E-state index contributed by atoms with van der Waals surface area (Å²) in [5.41, 5.74) is 0.0565. The van der Waals surface area contributed by atoms with Gasteiger partial charge in [0.15, 0.2) is 0 Å². The van der Waals surface area contributed by atoms with Crippen LogP contribution in [0, 0.1) is 11.2 Å². The van der Waals surface area contributed by atoms with E-state index >= 15 is 0 Å². The third kappa shape index (κ3) is 4.80. The van der Waals surface area contributed by atoms with Crippen molar-refractivity contribution in [2.45, 2.75) is 38.1 Å². The highest BCUT2D eigenvalue weighted by Gasteiger charge is 2.53. The minimum Gasteiger partial charge on any atom is -0.385 e. The van der Waals surface area contributed by atoms with Gasteiger partial charge in [0.25, 0.3) is 0 Å². The minimum atomic E-state index is -0.584. The summed E-state index contributed by atoms with van der Waals surface area (Å²) < 4.78 is 18.3. The number of hydrogen-bond acceptors (Lipinski definition) is 4. The first kappa shape index (κ1) is 22.2. The van der Waals surface area contributed by atoms with Crippen LogP contribution in [0.2, 0.25) is 0 Å². The summed E-state index contributed by atoms with van der Waals surface area (Å²) in [5.74, 6) is -0.578. The molecule has 30 heavy (non-hydrogen) atoms. The van der Waals surface area contributed by atoms with Gasteiger partial charge in [-0.25, -0.2) is 4.39 Å². The van der Waals surface area contributed by atoms with Gasteiger partial charge in [0.2, 0.25) is 17.7 Å². The maximum atomic E-state index is 13.4. The second-order valence-electron chi connectivity index (χ2n) is 8.24. The highest BCUT2D eigenvalue weighted by atomic mass is 19.1. The Morgan fingerprint density at radius 1 is 1.30 bits per heavy atom. The number of nitrogens with one attached hydrogen (secondary N) is 1. The van der Waals surface area contributed by atoms with Crippen molar-refractivity contribution in [3.05, 3.63) is 35.6 Å². The number of rotatable bonds is 7. The fraction of sp³-hybridized carbons (Fsp3) is 0.591. The third-order valence-electron chi connectivity index (χ3n) is 6.27. The van der Waals surface area contributed by atoms with E-state index in [2.05, 4.69) is 5.32 Å². The number of nitrogens with zero attached hydrogens (tertiary/aromatic N) is 2. The van der Waals surface area contributed by atoms with Crippen molar-refractivity contribution in [2.24, 2.45) is 5.41 Å². The number of methoxy groups -OCH3 is 1. The number of likely N-dealkylation sites (tertiary alicyclic amines) is 2. The maximum Gasteiger partial charge on any atom is 0.242 e. The van der Waals surface area contributed by atoms with E-state index in [4.69, 9.17) is 4.74 Å². The van der Waals surface area contributed by atoms with E-state index in [1.165, 1.54) is 12.1 Å². The molecule has 164 valence electrons. The molecule has 0 aliphatic carbocycles. The Morgan fingerprint density at radius 2 is 2.03 bits per heavy atom. The molecule has 2 fully saturated rings. The van der Waals surface area contributed by atoms with Crippen LogP contribution in [0.5, 0.6) is 0 Å². The molecule has 0 saturated carbocycles. The molecule has 0 bridgehead atoms. The van der Waals surface area contributed by atoms with Crippen LogP contribution in [0.1, 0.15) is 31.2 Å². The van der Waals surface area contributed by atoms with Crippen molar-refractivity contribution < 1.29 is 23.5 Å². The Hall–Kier alpha value is -2.48. The zero-order valence-electron chi connectivity index (χ0n) is 17.7. The van der Waals surface area contributed by atoms with Gasteiger partial charge in [0, 0.05) is 40.4 Å². The Balaban J connectivity index is 1.55. The number of ether oxygens (including phenoxy) is 1. The lowest BCUT2D eigenvalue weighted by Crippen LogP contribution is -2.46. The van der Waals surface area contributed by atoms with Gasteiger partial charge < -0.3 is 19.9 Å². The number of likely N-dealkylation sites (N-methyl/N-ethyl adjacent to an activating group) is 1. The summed E-state index contributed by atoms with van der Waals surface area (Å²) in [5, 5.41) is 2.88. The van der Waals surface area contributed by atoms with Crippen LogP contribution >= 0.6 is 0 Å². The van der Waals surface area contributed by atoms with Gasteiger partial charge in [-0.3, -0.25) is 14.4 Å². The summed E-state index contributed by atoms with van der Waals surface area (Å²) in [4.78, 5) is 41.4. The van der Waals surface area contributed by atoms with Crippen molar-refractivity contribution in [2.75, 3.05) is 40.4 Å². The highest BCUT2D eigenvalue weighted by molar-refractivity contribution is 5.94. The first-order chi connectivity index (χ1) is 14.4. The highest BCUT2D eigenvalue weighted by Crippen LogP contribution is 2.44. The first-order valence-electron chi connectivity index (χ1n) is 10.4. The smallest absolute Gasteiger partial charge is 0.242 e. The maximum absolute atomic E-state index is 13.4. The number of carbonyl (C=O) groups excluding carboxylic acids is 3. The second-order valence-corrected chi connectivity index (χ2v) is 8.24. The fourth-order valence-corrected chi connectivity index (χ4v) is 4.46. The molecule has 2 heterocycles. The SMILES string of the molecule is COCCCNC(=O)C1CC2(CCN(C(=O)Cc3cccc(F)c3)CC2)C(=O)N1C. The molecule has 0 aromatic heterocycles. The molecule has 3 amide bonds. The van der Waals surface area contributed by atoms with Crippen LogP contribution in [-0.4, -0.2) is 74.0 Å². The summed E-state index contributed by atoms with van der Waals surface area (Å²) >= 11 is 0. The average molecular weight is 419 g/mol. The fourth-order valence-electron chi connectivity index (χ4n) is 4.46. The molecule has 1 aromatic carbocycles. The average Bonchev–Trinajstić information content (AvgIpc) is 2.97. The molecule has 1 atom stereocenters. The summed E-state index contributed by atoms with van der Waals surface area (Å²) in [7, 11) is 3.29. The molecule has 1 unspecified atom stereocenters. The van der Waals surface area contributed by atoms with Gasteiger partial charge in [-0.05, 0) is 43.4 Å². The van der Waals surface area contributed by atoms with Crippen molar-refractivity contribution in [3.8, 4) is 0 Å². The number of benzene rings is 1. The van der Waals surface area contributed by atoms with E-state index in [9.17, 15) is 18.8 Å². The number of piperidine rings is 1. The topological polar surface area (TPSA) is 79.0 Å². The summed E-state index contributed by atoms with van der Waals surface area (Å²) in [6.07, 6.45) is 2.42. The van der Waals surface area contributed by atoms with E-state index in [1.54, 1.807) is 36.1 Å². The quantitative estimate of drug-likeness (QED) is 0.677. The largest absolute Gasteiger partial charge is 0.385 e. The molecule has 2 aliphatic heterocycles. The lowest BCUT2D eigenvalue weighted by atomic mass is 9.76. The van der Waals surface area contributed by atoms with Crippen LogP contribution < -0.4 is 5.32 Å². The van der Waals surface area contributed by atoms with E-state index < -0.39 is 11.5 Å². The van der Waals surface area contributed by atoms with Crippen LogP contribution in [-0.2, 0) is 25.5 Å². The number of amides is 3. The van der Waals surface area contributed by atoms with E-state index in [0.717, 1.165) is 6.42 Å². The lowest BCUT2D eigenvalue weighted by molar-refractivity contribution is -0.142. The van der Waals surface area contributed by atoms with E-state index in [-0.39, 0.29) is 30.0 Å². The zero-order valence-corrected chi connectivity index (χ0v) is 17.7. The Bertz CT molecular complexity index is 792. The van der Waals surface area contributed by atoms with Crippen LogP contribution in [0.15, 0.2) is 24.3 Å². The molecular weight excluding hydrogens is 389 g/mol. The third-order valence-corrected chi connectivity index (χ3v) is 6.27. The predicted octanol–water partition coefficient (Wildman–Crippen LogP) is 1.36. The molecule has 1 spiro atoms. The van der Waals surface area contributed by atoms with Crippen LogP contribution in [0.3, 0.4) is 0 Å². The van der Waals surface area contributed by atoms with Crippen molar-refractivity contribution in [1.29, 1.82) is 0 Å². The molecular formula is C22H30FN3O4. The Morgan fingerprint density at radius 3 is 2.70 bits per heavy atom.